The van der Waals surface area contributed by atoms with Gasteiger partial charge in [-0.1, -0.05) is 74.5 Å². The van der Waals surface area contributed by atoms with Crippen LogP contribution in [0.15, 0.2) is 66.0 Å². The first-order valence-electron chi connectivity index (χ1n) is 9.19. The first-order chi connectivity index (χ1) is 13.1. The molecule has 142 valence electrons. The van der Waals surface area contributed by atoms with Crippen LogP contribution in [-0.4, -0.2) is 18.5 Å². The number of hydroxylamine groups is 1. The maximum Gasteiger partial charge on any atom is 0.256 e. The second-order valence-electron chi connectivity index (χ2n) is 7.01. The molecule has 0 amide bonds. The lowest BCUT2D eigenvalue weighted by Crippen LogP contribution is -2.61. The molecule has 0 bridgehead atoms. The molecule has 2 aromatic carbocycles. The Labute approximate surface area is 166 Å². The lowest BCUT2D eigenvalue weighted by atomic mass is 10.3. The van der Waals surface area contributed by atoms with Gasteiger partial charge in [0.1, 0.15) is 5.01 Å². The minimum absolute atomic E-state index is 0.358. The molecular formula is C21H26N2O2SSi. The van der Waals surface area contributed by atoms with Crippen molar-refractivity contribution in [1.82, 2.24) is 10.5 Å². The summed E-state index contributed by atoms with van der Waals surface area (Å²) in [5, 5.41) is 14.3. The van der Waals surface area contributed by atoms with Crippen LogP contribution in [0.4, 0.5) is 0 Å². The molecule has 0 aliphatic heterocycles. The second-order valence-corrected chi connectivity index (χ2v) is 11.5. The van der Waals surface area contributed by atoms with Crippen molar-refractivity contribution >= 4 is 30.0 Å². The Bertz CT molecular complexity index is 785. The monoisotopic (exact) mass is 398 g/mol. The Balaban J connectivity index is 1.97. The number of hydrogen-bond donors (Lipinski definition) is 2. The van der Waals surface area contributed by atoms with Crippen LogP contribution in [0.25, 0.3) is 0 Å². The summed E-state index contributed by atoms with van der Waals surface area (Å²) in [6.07, 6.45) is 0. The van der Waals surface area contributed by atoms with Gasteiger partial charge in [-0.15, -0.1) is 11.3 Å². The molecule has 1 aromatic heterocycles. The van der Waals surface area contributed by atoms with Crippen LogP contribution >= 0.6 is 11.3 Å². The normalized spacial score (nSPS) is 11.9. The highest BCUT2D eigenvalue weighted by Gasteiger charge is 2.40. The highest BCUT2D eigenvalue weighted by molar-refractivity contribution is 7.09. The van der Waals surface area contributed by atoms with Gasteiger partial charge in [0.25, 0.3) is 8.32 Å². The fraction of sp³-hybridized carbons (Fsp3) is 0.286. The van der Waals surface area contributed by atoms with E-state index in [0.29, 0.717) is 19.1 Å². The van der Waals surface area contributed by atoms with Crippen molar-refractivity contribution < 1.29 is 9.63 Å². The third-order valence-electron chi connectivity index (χ3n) is 4.47. The second kappa shape index (κ2) is 9.39. The molecule has 6 heteroatoms. The number of hydrogen-bond acceptors (Lipinski definition) is 5. The van der Waals surface area contributed by atoms with Crippen LogP contribution in [0.2, 0.25) is 6.04 Å². The number of rotatable bonds is 9. The minimum atomic E-state index is -2.40. The van der Waals surface area contributed by atoms with E-state index in [1.165, 1.54) is 21.7 Å². The summed E-state index contributed by atoms with van der Waals surface area (Å²) < 4.78 is 6.79. The quantitative estimate of drug-likeness (QED) is 0.427. The average molecular weight is 399 g/mol. The van der Waals surface area contributed by atoms with E-state index < -0.39 is 8.32 Å². The van der Waals surface area contributed by atoms with Gasteiger partial charge in [0, 0.05) is 5.38 Å². The summed E-state index contributed by atoms with van der Waals surface area (Å²) in [4.78, 5) is 4.56. The van der Waals surface area contributed by atoms with Gasteiger partial charge in [0.15, 0.2) is 0 Å². The molecule has 0 saturated carbocycles. The first kappa shape index (κ1) is 19.9. The predicted octanol–water partition coefficient (Wildman–Crippen LogP) is 3.55. The van der Waals surface area contributed by atoms with Crippen molar-refractivity contribution in [3.63, 3.8) is 0 Å². The summed E-state index contributed by atoms with van der Waals surface area (Å²) in [5.41, 5.74) is 3.08. The minimum Gasteiger partial charge on any atom is -0.402 e. The van der Waals surface area contributed by atoms with Gasteiger partial charge in [-0.2, -0.15) is 5.48 Å². The summed E-state index contributed by atoms with van der Waals surface area (Å²) in [6, 6.07) is 22.3. The average Bonchev–Trinajstić information content (AvgIpc) is 3.14. The molecule has 4 nitrogen and oxygen atoms in total. The molecule has 0 aliphatic carbocycles. The van der Waals surface area contributed by atoms with Gasteiger partial charge in [0.05, 0.1) is 18.8 Å². The Kier molecular flexibility index (Phi) is 6.93. The Morgan fingerprint density at radius 3 is 2.15 bits per heavy atom. The third kappa shape index (κ3) is 4.91. The van der Waals surface area contributed by atoms with Crippen molar-refractivity contribution in [3.05, 3.63) is 76.7 Å². The fourth-order valence-electron chi connectivity index (χ4n) is 3.38. The number of nitrogens with one attached hydrogen (secondary N) is 1. The van der Waals surface area contributed by atoms with Gasteiger partial charge >= 0.3 is 0 Å². The molecule has 27 heavy (non-hydrogen) atoms. The standard InChI is InChI=1S/C21H26N2O2SSi/c1-17(2)16-27(19-9-5-3-6-10-19,20-11-7-4-8-12-20)25-14-18-15-26-21(23-18)13-22-24/h3-12,15,17,22,24H,13-14,16H2,1-2H3. The van der Waals surface area contributed by atoms with Crippen LogP contribution in [0.3, 0.4) is 0 Å². The van der Waals surface area contributed by atoms with Gasteiger partial charge in [0.2, 0.25) is 0 Å². The van der Waals surface area contributed by atoms with Gasteiger partial charge < -0.3 is 9.63 Å². The van der Waals surface area contributed by atoms with E-state index in [-0.39, 0.29) is 0 Å². The molecule has 3 aromatic rings. The van der Waals surface area contributed by atoms with E-state index >= 15 is 0 Å². The topological polar surface area (TPSA) is 54.4 Å². The van der Waals surface area contributed by atoms with E-state index in [9.17, 15) is 0 Å². The van der Waals surface area contributed by atoms with Gasteiger partial charge in [-0.25, -0.2) is 4.98 Å². The highest BCUT2D eigenvalue weighted by Crippen LogP contribution is 2.21. The van der Waals surface area contributed by atoms with Crippen LogP contribution in [0, 0.1) is 5.92 Å². The number of thiazole rings is 1. The Morgan fingerprint density at radius 2 is 1.63 bits per heavy atom. The summed E-state index contributed by atoms with van der Waals surface area (Å²) in [7, 11) is -2.40. The molecule has 2 N–H and O–H groups in total. The van der Waals surface area contributed by atoms with Crippen LogP contribution in [0.5, 0.6) is 0 Å². The van der Waals surface area contributed by atoms with E-state index in [4.69, 9.17) is 9.63 Å². The maximum atomic E-state index is 8.88. The molecule has 0 saturated heterocycles. The van der Waals surface area contributed by atoms with Crippen molar-refractivity contribution in [1.29, 1.82) is 0 Å². The van der Waals surface area contributed by atoms with Gasteiger partial charge in [-0.3, -0.25) is 0 Å². The van der Waals surface area contributed by atoms with Gasteiger partial charge in [-0.05, 0) is 22.3 Å². The zero-order chi connectivity index (χ0) is 19.1. The smallest absolute Gasteiger partial charge is 0.256 e. The zero-order valence-electron chi connectivity index (χ0n) is 15.8. The highest BCUT2D eigenvalue weighted by atomic mass is 32.1. The predicted molar refractivity (Wildman–Crippen MR) is 113 cm³/mol. The fourth-order valence-corrected chi connectivity index (χ4v) is 8.35. The van der Waals surface area contributed by atoms with Crippen LogP contribution < -0.4 is 15.9 Å². The SMILES string of the molecule is CC(C)C[Si](OCc1csc(CNO)n1)(c1ccccc1)c1ccccc1. The molecule has 0 spiro atoms. The molecule has 0 radical (unpaired) electrons. The molecular weight excluding hydrogens is 372 g/mol. The van der Waals surface area contributed by atoms with E-state index in [2.05, 4.69) is 85.0 Å². The van der Waals surface area contributed by atoms with E-state index in [1.807, 2.05) is 5.38 Å². The van der Waals surface area contributed by atoms with Crippen LogP contribution in [0.1, 0.15) is 24.5 Å². The number of aromatic nitrogens is 1. The van der Waals surface area contributed by atoms with Crippen molar-refractivity contribution in [2.75, 3.05) is 0 Å². The van der Waals surface area contributed by atoms with Crippen molar-refractivity contribution in [3.8, 4) is 0 Å². The summed E-state index contributed by atoms with van der Waals surface area (Å²) in [6.45, 7) is 5.34. The Morgan fingerprint density at radius 1 is 1.04 bits per heavy atom. The van der Waals surface area contributed by atoms with Crippen molar-refractivity contribution in [2.24, 2.45) is 5.92 Å². The molecule has 1 heterocycles. The number of benzene rings is 2. The van der Waals surface area contributed by atoms with Crippen molar-refractivity contribution in [2.45, 2.75) is 33.0 Å². The number of nitrogens with zero attached hydrogens (tertiary/aromatic N) is 1. The lowest BCUT2D eigenvalue weighted by Gasteiger charge is -2.34. The molecule has 0 fully saturated rings. The molecule has 0 unspecified atom stereocenters. The summed E-state index contributed by atoms with van der Waals surface area (Å²) >= 11 is 1.53. The molecule has 0 atom stereocenters. The van der Waals surface area contributed by atoms with E-state index in [1.54, 1.807) is 0 Å². The molecule has 3 rings (SSSR count). The van der Waals surface area contributed by atoms with E-state index in [0.717, 1.165) is 16.7 Å². The Hall–Kier alpha value is -1.83. The maximum absolute atomic E-state index is 8.88. The third-order valence-corrected chi connectivity index (χ3v) is 9.93. The summed E-state index contributed by atoms with van der Waals surface area (Å²) in [5.74, 6) is 0.515. The van der Waals surface area contributed by atoms with Crippen LogP contribution in [-0.2, 0) is 17.6 Å². The largest absolute Gasteiger partial charge is 0.402 e. The zero-order valence-corrected chi connectivity index (χ0v) is 17.6. The molecule has 0 aliphatic rings. The lowest BCUT2D eigenvalue weighted by molar-refractivity contribution is 0.161. The first-order valence-corrected chi connectivity index (χ1v) is 12.2.